The molecule has 9 heteroatoms. The van der Waals surface area contributed by atoms with Gasteiger partial charge in [0.25, 0.3) is 0 Å². The van der Waals surface area contributed by atoms with E-state index in [1.165, 1.54) is 0 Å². The molecule has 0 saturated carbocycles. The molecule has 3 aromatic heterocycles. The van der Waals surface area contributed by atoms with Crippen molar-refractivity contribution in [1.29, 1.82) is 0 Å². The summed E-state index contributed by atoms with van der Waals surface area (Å²) in [5.74, 6) is 1.78. The van der Waals surface area contributed by atoms with Crippen LogP contribution in [0.4, 0.5) is 0 Å². The first kappa shape index (κ1) is 34.5. The van der Waals surface area contributed by atoms with E-state index in [2.05, 4.69) is 134 Å². The van der Waals surface area contributed by atoms with Gasteiger partial charge in [0, 0.05) is 53.9 Å². The Kier molecular flexibility index (Phi) is 7.64. The largest absolute Gasteiger partial charge is 0.469 e. The molecule has 9 nitrogen and oxygen atoms in total. The van der Waals surface area contributed by atoms with E-state index in [-0.39, 0.29) is 16.6 Å². The number of hydrogen-bond acceptors (Lipinski definition) is 9. The van der Waals surface area contributed by atoms with Crippen LogP contribution >= 0.6 is 0 Å². The lowest BCUT2D eigenvalue weighted by atomic mass is 9.87. The van der Waals surface area contributed by atoms with Crippen LogP contribution in [0.5, 0.6) is 0 Å². The molecule has 7 rings (SSSR count). The fraction of sp³-hybridized carbons (Fsp3) is 0.429. The third kappa shape index (κ3) is 6.00. The highest BCUT2D eigenvalue weighted by Crippen LogP contribution is 2.40. The Labute approximate surface area is 301 Å². The highest BCUT2D eigenvalue weighted by molar-refractivity contribution is 5.99. The Hall–Kier alpha value is -4.92. The van der Waals surface area contributed by atoms with E-state index in [1.807, 2.05) is 37.2 Å². The molecule has 0 N–H and O–H groups in total. The van der Waals surface area contributed by atoms with Crippen molar-refractivity contribution in [2.24, 2.45) is 15.0 Å². The fourth-order valence-corrected chi connectivity index (χ4v) is 5.98. The predicted molar refractivity (Wildman–Crippen MR) is 203 cm³/mol. The topological polar surface area (TPSA) is 103 Å². The summed E-state index contributed by atoms with van der Waals surface area (Å²) in [6.07, 6.45) is 11.0. The molecule has 1 aromatic carbocycles. The molecular weight excluding hydrogens is 637 g/mol. The predicted octanol–water partition coefficient (Wildman–Crippen LogP) is 8.87. The van der Waals surface area contributed by atoms with Gasteiger partial charge < -0.3 is 14.2 Å². The van der Waals surface area contributed by atoms with Gasteiger partial charge >= 0.3 is 0 Å². The maximum Gasteiger partial charge on any atom is 0.218 e. The molecule has 6 heterocycles. The molecule has 0 atom stereocenters. The molecule has 0 unspecified atom stereocenters. The van der Waals surface area contributed by atoms with E-state index >= 15 is 0 Å². The van der Waals surface area contributed by atoms with Crippen molar-refractivity contribution in [2.45, 2.75) is 117 Å². The summed E-state index contributed by atoms with van der Waals surface area (Å²) in [7, 11) is 0. The Bertz CT molecular complexity index is 1900. The van der Waals surface area contributed by atoms with Gasteiger partial charge in [0.15, 0.2) is 0 Å². The number of ether oxygens (including phenoxy) is 3. The molecule has 264 valence electrons. The van der Waals surface area contributed by atoms with Gasteiger partial charge in [0.05, 0.1) is 33.3 Å². The van der Waals surface area contributed by atoms with Crippen LogP contribution < -0.4 is 0 Å². The van der Waals surface area contributed by atoms with Crippen molar-refractivity contribution in [3.8, 4) is 33.4 Å². The highest BCUT2D eigenvalue weighted by Gasteiger charge is 2.47. The van der Waals surface area contributed by atoms with Crippen molar-refractivity contribution in [2.75, 3.05) is 0 Å². The number of pyridine rings is 3. The second-order valence-electron chi connectivity index (χ2n) is 17.0. The summed E-state index contributed by atoms with van der Waals surface area (Å²) in [5.41, 5.74) is 5.70. The monoisotopic (exact) mass is 684 g/mol. The zero-order valence-corrected chi connectivity index (χ0v) is 31.8. The second-order valence-corrected chi connectivity index (χ2v) is 17.0. The van der Waals surface area contributed by atoms with Crippen LogP contribution in [-0.4, -0.2) is 66.1 Å². The Morgan fingerprint density at radius 2 is 0.529 bits per heavy atom. The van der Waals surface area contributed by atoms with Crippen LogP contribution in [0.3, 0.4) is 0 Å². The van der Waals surface area contributed by atoms with Crippen LogP contribution in [-0.2, 0) is 14.2 Å². The molecular formula is C42H48N6O3. The van der Waals surface area contributed by atoms with Gasteiger partial charge in [-0.1, -0.05) is 0 Å². The highest BCUT2D eigenvalue weighted by atomic mass is 16.5. The summed E-state index contributed by atoms with van der Waals surface area (Å²) < 4.78 is 19.1. The molecule has 0 amide bonds. The summed E-state index contributed by atoms with van der Waals surface area (Å²) in [4.78, 5) is 28.7. The smallest absolute Gasteiger partial charge is 0.218 e. The summed E-state index contributed by atoms with van der Waals surface area (Å²) in [6.45, 7) is 24.9. The number of aromatic nitrogens is 3. The van der Waals surface area contributed by atoms with Crippen molar-refractivity contribution >= 4 is 17.7 Å². The van der Waals surface area contributed by atoms with Crippen LogP contribution in [0.15, 0.2) is 88.6 Å². The minimum absolute atomic E-state index is 0.378. The number of rotatable bonds is 6. The van der Waals surface area contributed by atoms with E-state index in [0.717, 1.165) is 50.1 Å². The molecule has 0 spiro atoms. The number of benzene rings is 1. The normalized spacial score (nSPS) is 21.5. The number of nitrogens with zero attached hydrogens (tertiary/aromatic N) is 6. The van der Waals surface area contributed by atoms with Crippen molar-refractivity contribution < 1.29 is 14.2 Å². The van der Waals surface area contributed by atoms with E-state index < -0.39 is 16.8 Å². The lowest BCUT2D eigenvalue weighted by Gasteiger charge is -2.30. The first-order chi connectivity index (χ1) is 23.7. The zero-order valence-electron chi connectivity index (χ0n) is 31.8. The quantitative estimate of drug-likeness (QED) is 0.201. The molecule has 3 aliphatic heterocycles. The maximum atomic E-state index is 6.36. The zero-order chi connectivity index (χ0) is 36.8. The van der Waals surface area contributed by atoms with Crippen molar-refractivity contribution in [3.63, 3.8) is 0 Å². The standard InChI is InChI=1S/C42H48N6O3/c1-37(2)40(7,8)49-34(46-37)31-16-28(19-43-22-31)25-13-26(29-17-32(23-44-20-29)35-47-38(3,4)41(9,10)50-35)15-27(14-25)30-18-33(24-45-21-30)36-48-39(5,6)42(11,12)51-36/h13-24H,1-12H3. The SMILES string of the molecule is CC1(C)N=C(c2cncc(-c3cc(-c4cncc(C5=NC(C)(C)C(C)(C)O5)c4)cc(-c4cncc(C5=NC(C)(C)C(C)(C)O5)c4)c3)c2)OC1(C)C. The van der Waals surface area contributed by atoms with Gasteiger partial charge in [-0.15, -0.1) is 0 Å². The van der Waals surface area contributed by atoms with Crippen LogP contribution in [0.25, 0.3) is 33.4 Å². The van der Waals surface area contributed by atoms with Crippen molar-refractivity contribution in [1.82, 2.24) is 15.0 Å². The van der Waals surface area contributed by atoms with Gasteiger partial charge in [-0.25, -0.2) is 15.0 Å². The van der Waals surface area contributed by atoms with Gasteiger partial charge in [-0.2, -0.15) is 0 Å². The summed E-state index contributed by atoms with van der Waals surface area (Å²) >= 11 is 0. The fourth-order valence-electron chi connectivity index (χ4n) is 5.98. The lowest BCUT2D eigenvalue weighted by molar-refractivity contribution is 0.0618. The second kappa shape index (κ2) is 11.3. The Morgan fingerprint density at radius 1 is 0.314 bits per heavy atom. The minimum Gasteiger partial charge on any atom is -0.469 e. The molecule has 4 aromatic rings. The molecule has 0 bridgehead atoms. The van der Waals surface area contributed by atoms with E-state index in [0.29, 0.717) is 17.7 Å². The average Bonchev–Trinajstić information content (AvgIpc) is 3.54. The third-order valence-electron chi connectivity index (χ3n) is 11.5. The first-order valence-electron chi connectivity index (χ1n) is 17.6. The lowest BCUT2D eigenvalue weighted by Crippen LogP contribution is -2.41. The molecule has 51 heavy (non-hydrogen) atoms. The van der Waals surface area contributed by atoms with Gasteiger partial charge in [-0.05, 0) is 136 Å². The van der Waals surface area contributed by atoms with E-state index in [1.54, 1.807) is 0 Å². The number of hydrogen-bond donors (Lipinski definition) is 0. The van der Waals surface area contributed by atoms with Gasteiger partial charge in [0.1, 0.15) is 16.8 Å². The van der Waals surface area contributed by atoms with Crippen LogP contribution in [0.2, 0.25) is 0 Å². The molecule has 0 fully saturated rings. The molecule has 0 radical (unpaired) electrons. The third-order valence-corrected chi connectivity index (χ3v) is 11.5. The first-order valence-corrected chi connectivity index (χ1v) is 17.6. The van der Waals surface area contributed by atoms with Crippen LogP contribution in [0, 0.1) is 0 Å². The van der Waals surface area contributed by atoms with Gasteiger partial charge in [-0.3, -0.25) is 15.0 Å². The average molecular weight is 685 g/mol. The maximum absolute atomic E-state index is 6.36. The van der Waals surface area contributed by atoms with Crippen LogP contribution in [0.1, 0.15) is 99.8 Å². The Morgan fingerprint density at radius 3 is 0.745 bits per heavy atom. The molecule has 0 aliphatic carbocycles. The number of aliphatic imine (C=N–C) groups is 3. The summed E-state index contributed by atoms with van der Waals surface area (Å²) in [5, 5.41) is 0. The molecule has 0 saturated heterocycles. The van der Waals surface area contributed by atoms with Crippen molar-refractivity contribution in [3.05, 3.63) is 90.3 Å². The Balaban J connectivity index is 1.35. The van der Waals surface area contributed by atoms with E-state index in [9.17, 15) is 0 Å². The van der Waals surface area contributed by atoms with Gasteiger partial charge in [0.2, 0.25) is 17.7 Å². The minimum atomic E-state index is -0.447. The summed E-state index contributed by atoms with van der Waals surface area (Å²) in [6, 6.07) is 12.8. The molecule has 3 aliphatic rings. The van der Waals surface area contributed by atoms with E-state index in [4.69, 9.17) is 29.2 Å².